The Kier molecular flexibility index (Phi) is 6.64. The fraction of sp³-hybridized carbons (Fsp3) is 0.304. The van der Waals surface area contributed by atoms with Crippen molar-refractivity contribution in [1.29, 1.82) is 0 Å². The Morgan fingerprint density at radius 3 is 2.42 bits per heavy atom. The third kappa shape index (κ3) is 5.07. The minimum Gasteiger partial charge on any atom is -0.383 e. The van der Waals surface area contributed by atoms with Crippen LogP contribution in [0.25, 0.3) is 0 Å². The van der Waals surface area contributed by atoms with Crippen LogP contribution in [0, 0.1) is 6.92 Å². The lowest BCUT2D eigenvalue weighted by molar-refractivity contribution is 0.138. The molecular weight excluding hydrogens is 320 g/mol. The summed E-state index contributed by atoms with van der Waals surface area (Å²) in [5, 5.41) is 0. The summed E-state index contributed by atoms with van der Waals surface area (Å²) in [4.78, 5) is 2.46. The van der Waals surface area contributed by atoms with Crippen LogP contribution in [0.5, 0.6) is 0 Å². The molecule has 26 heavy (non-hydrogen) atoms. The van der Waals surface area contributed by atoms with E-state index >= 15 is 0 Å². The normalized spacial score (nSPS) is 11.2. The molecule has 0 radical (unpaired) electrons. The molecule has 0 spiro atoms. The third-order valence-corrected chi connectivity index (χ3v) is 4.77. The second-order valence-corrected chi connectivity index (χ2v) is 6.74. The zero-order valence-corrected chi connectivity index (χ0v) is 15.8. The van der Waals surface area contributed by atoms with E-state index in [0.29, 0.717) is 0 Å². The van der Waals surface area contributed by atoms with Crippen molar-refractivity contribution >= 4 is 0 Å². The average molecular weight is 348 g/mol. The Labute approximate surface area is 156 Å². The van der Waals surface area contributed by atoms with Gasteiger partial charge in [-0.1, -0.05) is 54.6 Å². The third-order valence-electron chi connectivity index (χ3n) is 4.77. The second kappa shape index (κ2) is 9.37. The van der Waals surface area contributed by atoms with E-state index in [1.54, 1.807) is 7.11 Å². The topological polar surface area (TPSA) is 17.4 Å². The Hall–Kier alpha value is -2.36. The summed E-state index contributed by atoms with van der Waals surface area (Å²) in [6.45, 7) is 6.60. The number of hydrogen-bond donors (Lipinski definition) is 0. The molecule has 0 amide bonds. The van der Waals surface area contributed by atoms with Crippen molar-refractivity contribution in [2.45, 2.75) is 26.6 Å². The van der Waals surface area contributed by atoms with E-state index in [1.807, 2.05) is 0 Å². The summed E-state index contributed by atoms with van der Waals surface area (Å²) in [5.41, 5.74) is 5.38. The van der Waals surface area contributed by atoms with E-state index in [0.717, 1.165) is 32.8 Å². The van der Waals surface area contributed by atoms with Crippen LogP contribution >= 0.6 is 0 Å². The van der Waals surface area contributed by atoms with Gasteiger partial charge in [0.2, 0.25) is 0 Å². The lowest BCUT2D eigenvalue weighted by Crippen LogP contribution is -2.28. The molecule has 3 nitrogen and oxygen atoms in total. The summed E-state index contributed by atoms with van der Waals surface area (Å²) < 4.78 is 7.68. The zero-order valence-electron chi connectivity index (χ0n) is 15.8. The molecule has 0 saturated heterocycles. The number of methoxy groups -OCH3 is 1. The Bertz CT molecular complexity index is 795. The average Bonchev–Trinajstić information content (AvgIpc) is 3.09. The van der Waals surface area contributed by atoms with Gasteiger partial charge in [0.1, 0.15) is 0 Å². The summed E-state index contributed by atoms with van der Waals surface area (Å²) in [7, 11) is 1.77. The van der Waals surface area contributed by atoms with Crippen molar-refractivity contribution in [2.75, 3.05) is 20.3 Å². The van der Waals surface area contributed by atoms with Crippen LogP contribution in [-0.4, -0.2) is 29.7 Å². The predicted octanol–water partition coefficient (Wildman–Crippen LogP) is 4.49. The van der Waals surface area contributed by atoms with Gasteiger partial charge in [-0.25, -0.2) is 0 Å². The minimum absolute atomic E-state index is 0.741. The molecule has 0 aliphatic carbocycles. The van der Waals surface area contributed by atoms with Crippen LogP contribution in [0.4, 0.5) is 0 Å². The highest BCUT2D eigenvalue weighted by molar-refractivity contribution is 5.25. The largest absolute Gasteiger partial charge is 0.383 e. The molecular formula is C23H28N2O. The van der Waals surface area contributed by atoms with Gasteiger partial charge in [-0.2, -0.15) is 0 Å². The van der Waals surface area contributed by atoms with Crippen molar-refractivity contribution in [3.05, 3.63) is 95.3 Å². The quantitative estimate of drug-likeness (QED) is 0.567. The molecule has 2 aromatic carbocycles. The fourth-order valence-corrected chi connectivity index (χ4v) is 3.22. The molecule has 3 heteroatoms. The van der Waals surface area contributed by atoms with Gasteiger partial charge in [0.15, 0.2) is 0 Å². The molecule has 0 aliphatic rings. The Balaban J connectivity index is 1.73. The minimum atomic E-state index is 0.741. The second-order valence-electron chi connectivity index (χ2n) is 6.74. The monoisotopic (exact) mass is 348 g/mol. The maximum Gasteiger partial charge on any atom is 0.0589 e. The lowest BCUT2D eigenvalue weighted by atomic mass is 10.1. The van der Waals surface area contributed by atoms with Gasteiger partial charge in [-0.3, -0.25) is 4.90 Å². The maximum absolute atomic E-state index is 5.34. The van der Waals surface area contributed by atoms with E-state index < -0.39 is 0 Å². The highest BCUT2D eigenvalue weighted by Crippen LogP contribution is 2.15. The summed E-state index contributed by atoms with van der Waals surface area (Å²) in [6, 6.07) is 23.6. The Morgan fingerprint density at radius 1 is 0.885 bits per heavy atom. The summed E-state index contributed by atoms with van der Waals surface area (Å²) in [5.74, 6) is 0. The first-order chi connectivity index (χ1) is 12.8. The van der Waals surface area contributed by atoms with E-state index in [9.17, 15) is 0 Å². The van der Waals surface area contributed by atoms with Crippen molar-refractivity contribution in [3.8, 4) is 0 Å². The number of nitrogens with zero attached hydrogens (tertiary/aromatic N) is 2. The number of aromatic nitrogens is 1. The molecule has 3 rings (SSSR count). The SMILES string of the molecule is COCCN(Cc1ccccc1C)Cc1cccn1Cc1ccccc1. The molecule has 0 saturated carbocycles. The summed E-state index contributed by atoms with van der Waals surface area (Å²) >= 11 is 0. The zero-order chi connectivity index (χ0) is 18.2. The van der Waals surface area contributed by atoms with Gasteiger partial charge < -0.3 is 9.30 Å². The highest BCUT2D eigenvalue weighted by Gasteiger charge is 2.11. The van der Waals surface area contributed by atoms with Gasteiger partial charge in [-0.15, -0.1) is 0 Å². The van der Waals surface area contributed by atoms with Gasteiger partial charge in [-0.05, 0) is 35.7 Å². The maximum atomic E-state index is 5.34. The standard InChI is InChI=1S/C23H28N2O/c1-20-9-6-7-12-22(20)18-24(15-16-26-2)19-23-13-8-14-25(23)17-21-10-4-3-5-11-21/h3-14H,15-19H2,1-2H3. The fourth-order valence-electron chi connectivity index (χ4n) is 3.22. The van der Waals surface area contributed by atoms with E-state index in [-0.39, 0.29) is 0 Å². The number of benzene rings is 2. The van der Waals surface area contributed by atoms with Gasteiger partial charge in [0, 0.05) is 45.2 Å². The lowest BCUT2D eigenvalue weighted by Gasteiger charge is -2.24. The van der Waals surface area contributed by atoms with Gasteiger partial charge in [0.05, 0.1) is 6.61 Å². The van der Waals surface area contributed by atoms with Crippen LogP contribution < -0.4 is 0 Å². The van der Waals surface area contributed by atoms with Crippen LogP contribution in [0.3, 0.4) is 0 Å². The van der Waals surface area contributed by atoms with E-state index in [1.165, 1.54) is 22.4 Å². The number of hydrogen-bond acceptors (Lipinski definition) is 2. The van der Waals surface area contributed by atoms with Crippen molar-refractivity contribution in [2.24, 2.45) is 0 Å². The molecule has 0 fully saturated rings. The molecule has 1 aromatic heterocycles. The smallest absolute Gasteiger partial charge is 0.0589 e. The summed E-state index contributed by atoms with van der Waals surface area (Å²) in [6.07, 6.45) is 2.17. The van der Waals surface area contributed by atoms with E-state index in [2.05, 4.69) is 89.3 Å². The molecule has 0 bridgehead atoms. The van der Waals surface area contributed by atoms with Crippen LogP contribution in [0.15, 0.2) is 72.9 Å². The predicted molar refractivity (Wildman–Crippen MR) is 107 cm³/mol. The molecule has 0 atom stereocenters. The van der Waals surface area contributed by atoms with Gasteiger partial charge in [0.25, 0.3) is 0 Å². The van der Waals surface area contributed by atoms with Gasteiger partial charge >= 0.3 is 0 Å². The molecule has 1 heterocycles. The number of aryl methyl sites for hydroxylation is 1. The Morgan fingerprint density at radius 2 is 1.65 bits per heavy atom. The number of rotatable bonds is 9. The number of ether oxygens (including phenoxy) is 1. The molecule has 136 valence electrons. The van der Waals surface area contributed by atoms with Crippen LogP contribution in [0.2, 0.25) is 0 Å². The van der Waals surface area contributed by atoms with E-state index in [4.69, 9.17) is 4.74 Å². The first-order valence-electron chi connectivity index (χ1n) is 9.20. The first kappa shape index (κ1) is 18.4. The molecule has 3 aromatic rings. The molecule has 0 N–H and O–H groups in total. The van der Waals surface area contributed by atoms with Crippen molar-refractivity contribution in [1.82, 2.24) is 9.47 Å². The van der Waals surface area contributed by atoms with Crippen LogP contribution in [0.1, 0.15) is 22.4 Å². The van der Waals surface area contributed by atoms with Crippen LogP contribution in [-0.2, 0) is 24.4 Å². The molecule has 0 aliphatic heterocycles. The highest BCUT2D eigenvalue weighted by atomic mass is 16.5. The molecule has 0 unspecified atom stereocenters. The van der Waals surface area contributed by atoms with Crippen molar-refractivity contribution in [3.63, 3.8) is 0 Å². The van der Waals surface area contributed by atoms with Crippen molar-refractivity contribution < 1.29 is 4.74 Å². The first-order valence-corrected chi connectivity index (χ1v) is 9.20.